The Kier molecular flexibility index (Phi) is 3.40. The smallest absolute Gasteiger partial charge is 0.256 e. The number of aromatic amines is 1. The zero-order valence-corrected chi connectivity index (χ0v) is 12.9. The molecule has 0 unspecified atom stereocenters. The third kappa shape index (κ3) is 2.62. The standard InChI is InChI=1S/C18H13N3OS/c22-18(19-13-6-2-1-3-7-13)12-10-16(23-11-12)17-14-8-4-5-9-15(14)20-21-17/h1-11H,(H,19,22)(H,20,21). The molecule has 2 N–H and O–H groups in total. The first kappa shape index (κ1) is 13.7. The van der Waals surface area contributed by atoms with Gasteiger partial charge in [-0.05, 0) is 24.3 Å². The Morgan fingerprint density at radius 2 is 1.83 bits per heavy atom. The average Bonchev–Trinajstić information content (AvgIpc) is 3.22. The molecule has 0 bridgehead atoms. The fraction of sp³-hybridized carbons (Fsp3) is 0. The van der Waals surface area contributed by atoms with Gasteiger partial charge in [0.15, 0.2) is 0 Å². The van der Waals surface area contributed by atoms with Gasteiger partial charge in [0, 0.05) is 16.5 Å². The highest BCUT2D eigenvalue weighted by Crippen LogP contribution is 2.31. The number of nitrogens with one attached hydrogen (secondary N) is 2. The van der Waals surface area contributed by atoms with Crippen molar-refractivity contribution in [2.75, 3.05) is 5.32 Å². The van der Waals surface area contributed by atoms with E-state index in [1.165, 1.54) is 11.3 Å². The predicted molar refractivity (Wildman–Crippen MR) is 93.8 cm³/mol. The van der Waals surface area contributed by atoms with E-state index < -0.39 is 0 Å². The molecular formula is C18H13N3OS. The van der Waals surface area contributed by atoms with E-state index in [-0.39, 0.29) is 5.91 Å². The lowest BCUT2D eigenvalue weighted by atomic mass is 10.1. The molecule has 2 heterocycles. The molecular weight excluding hydrogens is 306 g/mol. The van der Waals surface area contributed by atoms with Crippen molar-refractivity contribution in [2.24, 2.45) is 0 Å². The number of rotatable bonds is 3. The molecule has 0 radical (unpaired) electrons. The van der Waals surface area contributed by atoms with E-state index in [0.717, 1.165) is 27.2 Å². The van der Waals surface area contributed by atoms with Crippen LogP contribution in [0.3, 0.4) is 0 Å². The number of thiophene rings is 1. The van der Waals surface area contributed by atoms with Gasteiger partial charge in [-0.25, -0.2) is 0 Å². The van der Waals surface area contributed by atoms with Crippen molar-refractivity contribution in [1.82, 2.24) is 10.2 Å². The van der Waals surface area contributed by atoms with E-state index in [9.17, 15) is 4.79 Å². The van der Waals surface area contributed by atoms with Crippen LogP contribution in [0.2, 0.25) is 0 Å². The zero-order valence-electron chi connectivity index (χ0n) is 12.1. The molecule has 0 saturated carbocycles. The van der Waals surface area contributed by atoms with Gasteiger partial charge in [-0.15, -0.1) is 11.3 Å². The lowest BCUT2D eigenvalue weighted by Crippen LogP contribution is -2.10. The number of carbonyl (C=O) groups excluding carboxylic acids is 1. The minimum Gasteiger partial charge on any atom is -0.322 e. The monoisotopic (exact) mass is 319 g/mol. The molecule has 4 nitrogen and oxygen atoms in total. The summed E-state index contributed by atoms with van der Waals surface area (Å²) in [5, 5.41) is 13.2. The highest BCUT2D eigenvalue weighted by Gasteiger charge is 2.13. The second kappa shape index (κ2) is 5.70. The third-order valence-electron chi connectivity index (χ3n) is 3.60. The maximum absolute atomic E-state index is 12.3. The lowest BCUT2D eigenvalue weighted by molar-refractivity contribution is 0.102. The van der Waals surface area contributed by atoms with Crippen molar-refractivity contribution in [1.29, 1.82) is 0 Å². The Morgan fingerprint density at radius 1 is 1.04 bits per heavy atom. The summed E-state index contributed by atoms with van der Waals surface area (Å²) in [5.74, 6) is -0.112. The van der Waals surface area contributed by atoms with Crippen LogP contribution in [0.1, 0.15) is 10.4 Å². The molecule has 0 fully saturated rings. The minimum atomic E-state index is -0.112. The molecule has 112 valence electrons. The van der Waals surface area contributed by atoms with Crippen LogP contribution >= 0.6 is 11.3 Å². The molecule has 0 spiro atoms. The quantitative estimate of drug-likeness (QED) is 0.582. The molecule has 0 saturated heterocycles. The Morgan fingerprint density at radius 3 is 2.70 bits per heavy atom. The number of carbonyl (C=O) groups is 1. The van der Waals surface area contributed by atoms with Crippen LogP contribution < -0.4 is 5.32 Å². The van der Waals surface area contributed by atoms with Crippen LogP contribution in [0.15, 0.2) is 66.0 Å². The molecule has 23 heavy (non-hydrogen) atoms. The van der Waals surface area contributed by atoms with Gasteiger partial charge in [0.2, 0.25) is 0 Å². The van der Waals surface area contributed by atoms with Gasteiger partial charge in [-0.1, -0.05) is 36.4 Å². The minimum absolute atomic E-state index is 0.112. The van der Waals surface area contributed by atoms with Crippen molar-refractivity contribution in [3.63, 3.8) is 0 Å². The number of benzene rings is 2. The van der Waals surface area contributed by atoms with Crippen molar-refractivity contribution in [3.8, 4) is 10.6 Å². The first-order chi connectivity index (χ1) is 11.3. The summed E-state index contributed by atoms with van der Waals surface area (Å²) in [6, 6.07) is 19.3. The number of hydrogen-bond donors (Lipinski definition) is 2. The molecule has 0 aliphatic heterocycles. The van der Waals surface area contributed by atoms with Gasteiger partial charge < -0.3 is 5.32 Å². The second-order valence-corrected chi connectivity index (χ2v) is 6.05. The van der Waals surface area contributed by atoms with E-state index in [4.69, 9.17) is 0 Å². The number of nitrogens with zero attached hydrogens (tertiary/aromatic N) is 1. The van der Waals surface area contributed by atoms with Crippen LogP contribution in [-0.2, 0) is 0 Å². The summed E-state index contributed by atoms with van der Waals surface area (Å²) < 4.78 is 0. The number of H-pyrrole nitrogens is 1. The van der Waals surface area contributed by atoms with Crippen molar-refractivity contribution >= 4 is 33.8 Å². The molecule has 0 aliphatic rings. The van der Waals surface area contributed by atoms with Crippen molar-refractivity contribution in [3.05, 3.63) is 71.6 Å². The van der Waals surface area contributed by atoms with E-state index in [2.05, 4.69) is 15.5 Å². The maximum Gasteiger partial charge on any atom is 0.256 e. The summed E-state index contributed by atoms with van der Waals surface area (Å²) in [6.45, 7) is 0. The van der Waals surface area contributed by atoms with Gasteiger partial charge in [-0.2, -0.15) is 5.10 Å². The van der Waals surface area contributed by atoms with Gasteiger partial charge in [0.25, 0.3) is 5.91 Å². The van der Waals surface area contributed by atoms with Gasteiger partial charge in [0.1, 0.15) is 5.69 Å². The van der Waals surface area contributed by atoms with Gasteiger partial charge >= 0.3 is 0 Å². The van der Waals surface area contributed by atoms with Crippen LogP contribution in [-0.4, -0.2) is 16.1 Å². The molecule has 1 amide bonds. The number of aromatic nitrogens is 2. The van der Waals surface area contributed by atoms with E-state index in [1.807, 2.05) is 66.0 Å². The normalized spacial score (nSPS) is 10.8. The van der Waals surface area contributed by atoms with Crippen LogP contribution in [0.5, 0.6) is 0 Å². The Labute approximate surface area is 136 Å². The van der Waals surface area contributed by atoms with Crippen LogP contribution in [0.4, 0.5) is 5.69 Å². The van der Waals surface area contributed by atoms with E-state index in [1.54, 1.807) is 0 Å². The van der Waals surface area contributed by atoms with Crippen molar-refractivity contribution in [2.45, 2.75) is 0 Å². The fourth-order valence-corrected chi connectivity index (χ4v) is 3.35. The Hall–Kier alpha value is -2.92. The topological polar surface area (TPSA) is 57.8 Å². The number of fused-ring (bicyclic) bond motifs is 1. The number of amides is 1. The van der Waals surface area contributed by atoms with Crippen molar-refractivity contribution < 1.29 is 4.79 Å². The number of para-hydroxylation sites is 2. The molecule has 0 atom stereocenters. The largest absolute Gasteiger partial charge is 0.322 e. The number of anilines is 1. The Balaban J connectivity index is 1.63. The van der Waals surface area contributed by atoms with Gasteiger partial charge in [-0.3, -0.25) is 9.89 Å². The lowest BCUT2D eigenvalue weighted by Gasteiger charge is -2.02. The zero-order chi connectivity index (χ0) is 15.6. The molecule has 2 aromatic carbocycles. The predicted octanol–water partition coefficient (Wildman–Crippen LogP) is 4.54. The third-order valence-corrected chi connectivity index (χ3v) is 4.53. The second-order valence-electron chi connectivity index (χ2n) is 5.14. The molecule has 4 aromatic rings. The summed E-state index contributed by atoms with van der Waals surface area (Å²) >= 11 is 1.52. The first-order valence-corrected chi connectivity index (χ1v) is 8.07. The summed E-state index contributed by atoms with van der Waals surface area (Å²) in [4.78, 5) is 13.3. The molecule has 4 rings (SSSR count). The summed E-state index contributed by atoms with van der Waals surface area (Å²) in [6.07, 6.45) is 0. The van der Waals surface area contributed by atoms with Crippen LogP contribution in [0.25, 0.3) is 21.5 Å². The molecule has 0 aliphatic carbocycles. The molecule has 2 aromatic heterocycles. The first-order valence-electron chi connectivity index (χ1n) is 7.20. The average molecular weight is 319 g/mol. The SMILES string of the molecule is O=C(Nc1ccccc1)c1csc(-c2n[nH]c3ccccc23)c1. The molecule has 5 heteroatoms. The Bertz CT molecular complexity index is 972. The highest BCUT2D eigenvalue weighted by atomic mass is 32.1. The van der Waals surface area contributed by atoms with Gasteiger partial charge in [0.05, 0.1) is 16.0 Å². The van der Waals surface area contributed by atoms with E-state index in [0.29, 0.717) is 5.56 Å². The summed E-state index contributed by atoms with van der Waals surface area (Å²) in [7, 11) is 0. The maximum atomic E-state index is 12.3. The summed E-state index contributed by atoms with van der Waals surface area (Å²) in [5.41, 5.74) is 3.30. The highest BCUT2D eigenvalue weighted by molar-refractivity contribution is 7.14. The number of hydrogen-bond acceptors (Lipinski definition) is 3. The van der Waals surface area contributed by atoms with Crippen LogP contribution in [0, 0.1) is 0 Å². The van der Waals surface area contributed by atoms with E-state index >= 15 is 0 Å². The fourth-order valence-electron chi connectivity index (χ4n) is 2.46.